The van der Waals surface area contributed by atoms with Gasteiger partial charge in [-0.1, -0.05) is 0 Å². The Hall–Kier alpha value is -1.43. The van der Waals surface area contributed by atoms with Gasteiger partial charge in [0.2, 0.25) is 5.91 Å². The van der Waals surface area contributed by atoms with Gasteiger partial charge in [-0.15, -0.1) is 11.3 Å². The van der Waals surface area contributed by atoms with Crippen molar-refractivity contribution in [3.05, 3.63) is 15.6 Å². The standard InChI is InChI=1S/C13H21N3O2S/c1-6-16(7-11(17)14-8(2)3)13(18)12-9(4)15-10(5)19-12/h8H,6-7H2,1-5H3,(H,14,17). The predicted octanol–water partition coefficient (Wildman–Crippen LogP) is 1.75. The molecule has 0 atom stereocenters. The fraction of sp³-hybridized carbons (Fsp3) is 0.615. The van der Waals surface area contributed by atoms with Crippen LogP contribution in [-0.4, -0.2) is 40.8 Å². The highest BCUT2D eigenvalue weighted by atomic mass is 32.1. The summed E-state index contributed by atoms with van der Waals surface area (Å²) in [5.41, 5.74) is 0.732. The van der Waals surface area contributed by atoms with Crippen LogP contribution >= 0.6 is 11.3 Å². The van der Waals surface area contributed by atoms with Crippen LogP contribution in [0.3, 0.4) is 0 Å². The summed E-state index contributed by atoms with van der Waals surface area (Å²) in [5.74, 6) is -0.256. The van der Waals surface area contributed by atoms with Crippen LogP contribution in [0.5, 0.6) is 0 Å². The van der Waals surface area contributed by atoms with Crippen LogP contribution in [-0.2, 0) is 4.79 Å². The molecule has 0 aliphatic carbocycles. The second kappa shape index (κ2) is 6.65. The Balaban J connectivity index is 2.77. The normalized spacial score (nSPS) is 10.6. The number of carbonyl (C=O) groups is 2. The van der Waals surface area contributed by atoms with Gasteiger partial charge in [0.05, 0.1) is 17.2 Å². The first kappa shape index (κ1) is 15.6. The van der Waals surface area contributed by atoms with Gasteiger partial charge in [0.15, 0.2) is 0 Å². The van der Waals surface area contributed by atoms with Crippen molar-refractivity contribution < 1.29 is 9.59 Å². The lowest BCUT2D eigenvalue weighted by atomic mass is 10.3. The Labute approximate surface area is 118 Å². The van der Waals surface area contributed by atoms with Crippen molar-refractivity contribution in [1.82, 2.24) is 15.2 Å². The lowest BCUT2D eigenvalue weighted by Gasteiger charge is -2.20. The summed E-state index contributed by atoms with van der Waals surface area (Å²) in [7, 11) is 0. The number of carbonyl (C=O) groups excluding carboxylic acids is 2. The molecule has 0 aliphatic rings. The molecular formula is C13H21N3O2S. The maximum Gasteiger partial charge on any atom is 0.266 e. The maximum absolute atomic E-state index is 12.3. The van der Waals surface area contributed by atoms with Gasteiger partial charge in [0, 0.05) is 12.6 Å². The van der Waals surface area contributed by atoms with E-state index in [1.54, 1.807) is 0 Å². The summed E-state index contributed by atoms with van der Waals surface area (Å²) in [4.78, 5) is 30.5. The van der Waals surface area contributed by atoms with E-state index in [4.69, 9.17) is 0 Å². The Bertz CT molecular complexity index is 468. The van der Waals surface area contributed by atoms with E-state index in [2.05, 4.69) is 10.3 Å². The molecule has 0 saturated carbocycles. The Morgan fingerprint density at radius 1 is 1.37 bits per heavy atom. The predicted molar refractivity (Wildman–Crippen MR) is 76.4 cm³/mol. The molecule has 0 aromatic carbocycles. The molecule has 0 saturated heterocycles. The zero-order valence-electron chi connectivity index (χ0n) is 12.1. The average molecular weight is 283 g/mol. The summed E-state index contributed by atoms with van der Waals surface area (Å²) in [6.07, 6.45) is 0. The smallest absolute Gasteiger partial charge is 0.266 e. The number of nitrogens with one attached hydrogen (secondary N) is 1. The van der Waals surface area contributed by atoms with Crippen LogP contribution in [0.25, 0.3) is 0 Å². The van der Waals surface area contributed by atoms with Crippen molar-refractivity contribution >= 4 is 23.2 Å². The molecule has 1 aromatic heterocycles. The number of aromatic nitrogens is 1. The van der Waals surface area contributed by atoms with Crippen LogP contribution in [0, 0.1) is 13.8 Å². The highest BCUT2D eigenvalue weighted by Gasteiger charge is 2.21. The fourth-order valence-corrected chi connectivity index (χ4v) is 2.63. The molecule has 0 bridgehead atoms. The van der Waals surface area contributed by atoms with Crippen molar-refractivity contribution in [2.45, 2.75) is 40.7 Å². The summed E-state index contributed by atoms with van der Waals surface area (Å²) in [6, 6.07) is 0.0775. The molecule has 2 amide bonds. The van der Waals surface area contributed by atoms with Gasteiger partial charge in [-0.2, -0.15) is 0 Å². The molecule has 5 nitrogen and oxygen atoms in total. The SMILES string of the molecule is CCN(CC(=O)NC(C)C)C(=O)c1sc(C)nc1C. The molecule has 19 heavy (non-hydrogen) atoms. The molecule has 106 valence electrons. The molecule has 0 unspecified atom stereocenters. The Kier molecular flexibility index (Phi) is 5.47. The highest BCUT2D eigenvalue weighted by molar-refractivity contribution is 7.13. The number of nitrogens with zero attached hydrogens (tertiary/aromatic N) is 2. The first-order valence-corrected chi connectivity index (χ1v) is 7.19. The third-order valence-corrected chi connectivity index (χ3v) is 3.61. The van der Waals surface area contributed by atoms with Crippen molar-refractivity contribution in [3.63, 3.8) is 0 Å². The van der Waals surface area contributed by atoms with Crippen molar-refractivity contribution in [2.24, 2.45) is 0 Å². The average Bonchev–Trinajstić information content (AvgIpc) is 2.63. The van der Waals surface area contributed by atoms with Crippen LogP contribution < -0.4 is 5.32 Å². The number of hydrogen-bond donors (Lipinski definition) is 1. The molecule has 0 aliphatic heterocycles. The third kappa shape index (κ3) is 4.31. The van der Waals surface area contributed by atoms with Gasteiger partial charge >= 0.3 is 0 Å². The van der Waals surface area contributed by atoms with Crippen LogP contribution in [0.15, 0.2) is 0 Å². The molecule has 0 radical (unpaired) electrons. The number of rotatable bonds is 5. The van der Waals surface area contributed by atoms with E-state index in [9.17, 15) is 9.59 Å². The minimum Gasteiger partial charge on any atom is -0.352 e. The van der Waals surface area contributed by atoms with E-state index in [1.807, 2.05) is 34.6 Å². The molecule has 6 heteroatoms. The molecular weight excluding hydrogens is 262 g/mol. The monoisotopic (exact) mass is 283 g/mol. The highest BCUT2D eigenvalue weighted by Crippen LogP contribution is 2.19. The summed E-state index contributed by atoms with van der Waals surface area (Å²) >= 11 is 1.37. The topological polar surface area (TPSA) is 62.3 Å². The van der Waals surface area contributed by atoms with Gasteiger partial charge in [0.25, 0.3) is 5.91 Å². The van der Waals surface area contributed by atoms with Crippen LogP contribution in [0.2, 0.25) is 0 Å². The number of hydrogen-bond acceptors (Lipinski definition) is 4. The van der Waals surface area contributed by atoms with Gasteiger partial charge in [-0.3, -0.25) is 9.59 Å². The first-order chi connectivity index (χ1) is 8.85. The second-order valence-corrected chi connectivity index (χ2v) is 5.89. The van der Waals surface area contributed by atoms with Gasteiger partial charge < -0.3 is 10.2 Å². The van der Waals surface area contributed by atoms with E-state index in [-0.39, 0.29) is 24.4 Å². The summed E-state index contributed by atoms with van der Waals surface area (Å²) in [6.45, 7) is 9.93. The summed E-state index contributed by atoms with van der Waals surface area (Å²) in [5, 5.41) is 3.65. The summed E-state index contributed by atoms with van der Waals surface area (Å²) < 4.78 is 0. The van der Waals surface area contributed by atoms with Gasteiger partial charge in [-0.05, 0) is 34.6 Å². The van der Waals surface area contributed by atoms with E-state index < -0.39 is 0 Å². The number of aryl methyl sites for hydroxylation is 2. The first-order valence-electron chi connectivity index (χ1n) is 6.37. The van der Waals surface area contributed by atoms with E-state index in [0.717, 1.165) is 10.7 Å². The molecule has 1 aromatic rings. The lowest BCUT2D eigenvalue weighted by Crippen LogP contribution is -2.42. The van der Waals surface area contributed by atoms with Gasteiger partial charge in [-0.25, -0.2) is 4.98 Å². The third-order valence-electron chi connectivity index (χ3n) is 2.55. The zero-order chi connectivity index (χ0) is 14.6. The maximum atomic E-state index is 12.3. The van der Waals surface area contributed by atoms with Crippen molar-refractivity contribution in [3.8, 4) is 0 Å². The lowest BCUT2D eigenvalue weighted by molar-refractivity contribution is -0.122. The fourth-order valence-electron chi connectivity index (χ4n) is 1.74. The minimum absolute atomic E-state index is 0.0775. The molecule has 1 N–H and O–H groups in total. The molecule has 1 rings (SSSR count). The quantitative estimate of drug-likeness (QED) is 0.895. The second-order valence-electron chi connectivity index (χ2n) is 4.69. The number of likely N-dealkylation sites (N-methyl/N-ethyl adjacent to an activating group) is 1. The van der Waals surface area contributed by atoms with Crippen LogP contribution in [0.1, 0.15) is 41.1 Å². The number of thiazole rings is 1. The zero-order valence-corrected chi connectivity index (χ0v) is 12.9. The molecule has 0 spiro atoms. The number of amides is 2. The van der Waals surface area contributed by atoms with E-state index >= 15 is 0 Å². The molecule has 1 heterocycles. The van der Waals surface area contributed by atoms with Gasteiger partial charge in [0.1, 0.15) is 4.88 Å². The van der Waals surface area contributed by atoms with Crippen LogP contribution in [0.4, 0.5) is 0 Å². The Morgan fingerprint density at radius 2 is 2.00 bits per heavy atom. The molecule has 0 fully saturated rings. The largest absolute Gasteiger partial charge is 0.352 e. The van der Waals surface area contributed by atoms with E-state index in [1.165, 1.54) is 16.2 Å². The Morgan fingerprint density at radius 3 is 2.42 bits per heavy atom. The van der Waals surface area contributed by atoms with E-state index in [0.29, 0.717) is 11.4 Å². The van der Waals surface area contributed by atoms with Crippen molar-refractivity contribution in [2.75, 3.05) is 13.1 Å². The van der Waals surface area contributed by atoms with Crippen molar-refractivity contribution in [1.29, 1.82) is 0 Å². The minimum atomic E-state index is -0.135.